The van der Waals surface area contributed by atoms with Crippen LogP contribution in [0.15, 0.2) is 30.3 Å². The molecule has 0 aliphatic rings. The molecule has 0 radical (unpaired) electrons. The van der Waals surface area contributed by atoms with Gasteiger partial charge in [-0.05, 0) is 45.8 Å². The molecule has 1 aromatic rings. The van der Waals surface area contributed by atoms with Crippen LogP contribution >= 0.6 is 0 Å². The Hall–Kier alpha value is -0.860. The fourth-order valence-corrected chi connectivity index (χ4v) is 1.62. The molecule has 0 aromatic heterocycles. The molecule has 0 aliphatic heterocycles. The standard InChI is InChI=1S/C14H24N2/c1-14(2,12-15)16(3)11-7-10-13-8-5-4-6-9-13/h4-6,8-9H,7,10-12,15H2,1-3H3. The van der Waals surface area contributed by atoms with Crippen molar-refractivity contribution in [3.63, 3.8) is 0 Å². The van der Waals surface area contributed by atoms with Gasteiger partial charge in [-0.15, -0.1) is 0 Å². The molecule has 0 atom stereocenters. The van der Waals surface area contributed by atoms with Crippen LogP contribution in [0.2, 0.25) is 0 Å². The number of nitrogens with zero attached hydrogens (tertiary/aromatic N) is 1. The summed E-state index contributed by atoms with van der Waals surface area (Å²) in [7, 11) is 2.15. The van der Waals surface area contributed by atoms with Gasteiger partial charge in [0.25, 0.3) is 0 Å². The van der Waals surface area contributed by atoms with E-state index < -0.39 is 0 Å². The minimum absolute atomic E-state index is 0.108. The van der Waals surface area contributed by atoms with Crippen LogP contribution in [-0.4, -0.2) is 30.6 Å². The molecular formula is C14H24N2. The van der Waals surface area contributed by atoms with Gasteiger partial charge in [0.2, 0.25) is 0 Å². The summed E-state index contributed by atoms with van der Waals surface area (Å²) in [4.78, 5) is 2.34. The second kappa shape index (κ2) is 6.02. The third-order valence-electron chi connectivity index (χ3n) is 3.33. The van der Waals surface area contributed by atoms with E-state index >= 15 is 0 Å². The van der Waals surface area contributed by atoms with Crippen molar-refractivity contribution in [1.29, 1.82) is 0 Å². The third kappa shape index (κ3) is 3.95. The van der Waals surface area contributed by atoms with Gasteiger partial charge in [-0.3, -0.25) is 4.90 Å². The van der Waals surface area contributed by atoms with Gasteiger partial charge in [0, 0.05) is 12.1 Å². The lowest BCUT2D eigenvalue weighted by atomic mass is 10.0. The van der Waals surface area contributed by atoms with E-state index in [1.807, 2.05) is 0 Å². The molecule has 1 aromatic carbocycles. The minimum Gasteiger partial charge on any atom is -0.329 e. The van der Waals surface area contributed by atoms with Gasteiger partial charge in [-0.25, -0.2) is 0 Å². The van der Waals surface area contributed by atoms with Crippen molar-refractivity contribution in [2.45, 2.75) is 32.2 Å². The summed E-state index contributed by atoms with van der Waals surface area (Å²) in [6.45, 7) is 6.18. The molecule has 2 nitrogen and oxygen atoms in total. The second-order valence-electron chi connectivity index (χ2n) is 5.03. The van der Waals surface area contributed by atoms with Crippen LogP contribution in [0.25, 0.3) is 0 Å². The first-order valence-electron chi connectivity index (χ1n) is 6.01. The van der Waals surface area contributed by atoms with Crippen LogP contribution in [0, 0.1) is 0 Å². The average molecular weight is 220 g/mol. The van der Waals surface area contributed by atoms with Crippen molar-refractivity contribution >= 4 is 0 Å². The van der Waals surface area contributed by atoms with Crippen molar-refractivity contribution in [2.24, 2.45) is 5.73 Å². The zero-order valence-electron chi connectivity index (χ0n) is 10.7. The summed E-state index contributed by atoms with van der Waals surface area (Å²) in [5, 5.41) is 0. The van der Waals surface area contributed by atoms with Crippen molar-refractivity contribution in [3.8, 4) is 0 Å². The quantitative estimate of drug-likeness (QED) is 0.797. The first kappa shape index (κ1) is 13.2. The Balaban J connectivity index is 2.31. The Morgan fingerprint density at radius 3 is 2.38 bits per heavy atom. The molecule has 2 heteroatoms. The van der Waals surface area contributed by atoms with E-state index in [0.29, 0.717) is 6.54 Å². The summed E-state index contributed by atoms with van der Waals surface area (Å²) in [6.07, 6.45) is 2.33. The van der Waals surface area contributed by atoms with Crippen molar-refractivity contribution in [2.75, 3.05) is 20.1 Å². The number of benzene rings is 1. The normalized spacial score (nSPS) is 12.1. The molecule has 0 saturated carbocycles. The summed E-state index contributed by atoms with van der Waals surface area (Å²) < 4.78 is 0. The molecule has 90 valence electrons. The second-order valence-corrected chi connectivity index (χ2v) is 5.03. The van der Waals surface area contributed by atoms with Gasteiger partial charge in [0.1, 0.15) is 0 Å². The first-order valence-corrected chi connectivity index (χ1v) is 6.01. The Morgan fingerprint density at radius 2 is 1.81 bits per heavy atom. The van der Waals surface area contributed by atoms with Gasteiger partial charge in [0.05, 0.1) is 0 Å². The van der Waals surface area contributed by atoms with E-state index in [4.69, 9.17) is 5.73 Å². The molecule has 0 unspecified atom stereocenters. The largest absolute Gasteiger partial charge is 0.329 e. The van der Waals surface area contributed by atoms with Crippen molar-refractivity contribution < 1.29 is 0 Å². The van der Waals surface area contributed by atoms with Gasteiger partial charge < -0.3 is 5.73 Å². The fraction of sp³-hybridized carbons (Fsp3) is 0.571. The van der Waals surface area contributed by atoms with Crippen LogP contribution in [0.3, 0.4) is 0 Å². The lowest BCUT2D eigenvalue weighted by Gasteiger charge is -2.34. The molecule has 0 bridgehead atoms. The molecule has 0 heterocycles. The SMILES string of the molecule is CN(CCCc1ccccc1)C(C)(C)CN. The van der Waals surface area contributed by atoms with Gasteiger partial charge in [-0.1, -0.05) is 30.3 Å². The van der Waals surface area contributed by atoms with Crippen LogP contribution in [0.1, 0.15) is 25.8 Å². The Labute approximate surface area is 99.5 Å². The Kier molecular flexibility index (Phi) is 4.97. The summed E-state index contributed by atoms with van der Waals surface area (Å²) in [6, 6.07) is 10.6. The summed E-state index contributed by atoms with van der Waals surface area (Å²) in [5.41, 5.74) is 7.27. The molecule has 0 amide bonds. The van der Waals surface area contributed by atoms with Crippen LogP contribution < -0.4 is 5.73 Å². The zero-order valence-corrected chi connectivity index (χ0v) is 10.7. The van der Waals surface area contributed by atoms with Crippen molar-refractivity contribution in [3.05, 3.63) is 35.9 Å². The van der Waals surface area contributed by atoms with Crippen LogP contribution in [0.5, 0.6) is 0 Å². The fourth-order valence-electron chi connectivity index (χ4n) is 1.62. The highest BCUT2D eigenvalue weighted by atomic mass is 15.2. The Morgan fingerprint density at radius 1 is 1.19 bits per heavy atom. The molecule has 0 aliphatic carbocycles. The van der Waals surface area contributed by atoms with Crippen LogP contribution in [0.4, 0.5) is 0 Å². The van der Waals surface area contributed by atoms with Gasteiger partial charge in [-0.2, -0.15) is 0 Å². The topological polar surface area (TPSA) is 29.3 Å². The molecule has 0 spiro atoms. The monoisotopic (exact) mass is 220 g/mol. The number of hydrogen-bond donors (Lipinski definition) is 1. The van der Waals surface area contributed by atoms with Gasteiger partial charge >= 0.3 is 0 Å². The van der Waals surface area contributed by atoms with E-state index in [2.05, 4.69) is 56.1 Å². The van der Waals surface area contributed by atoms with E-state index in [-0.39, 0.29) is 5.54 Å². The number of likely N-dealkylation sites (N-methyl/N-ethyl adjacent to an activating group) is 1. The average Bonchev–Trinajstić information content (AvgIpc) is 2.30. The highest BCUT2D eigenvalue weighted by molar-refractivity contribution is 5.14. The van der Waals surface area contributed by atoms with E-state index in [0.717, 1.165) is 13.0 Å². The molecular weight excluding hydrogens is 196 g/mol. The highest BCUT2D eigenvalue weighted by Crippen LogP contribution is 2.11. The van der Waals surface area contributed by atoms with Gasteiger partial charge in [0.15, 0.2) is 0 Å². The first-order chi connectivity index (χ1) is 7.56. The Bertz CT molecular complexity index is 293. The maximum atomic E-state index is 5.75. The summed E-state index contributed by atoms with van der Waals surface area (Å²) >= 11 is 0. The zero-order chi connectivity index (χ0) is 12.0. The number of hydrogen-bond acceptors (Lipinski definition) is 2. The predicted molar refractivity (Wildman–Crippen MR) is 70.5 cm³/mol. The number of aryl methyl sites for hydroxylation is 1. The smallest absolute Gasteiger partial charge is 0.0272 e. The highest BCUT2D eigenvalue weighted by Gasteiger charge is 2.20. The number of nitrogens with two attached hydrogens (primary N) is 1. The van der Waals surface area contributed by atoms with Crippen molar-refractivity contribution in [1.82, 2.24) is 4.90 Å². The maximum absolute atomic E-state index is 5.75. The van der Waals surface area contributed by atoms with E-state index in [9.17, 15) is 0 Å². The van der Waals surface area contributed by atoms with E-state index in [1.165, 1.54) is 12.0 Å². The predicted octanol–water partition coefficient (Wildman–Crippen LogP) is 2.29. The third-order valence-corrected chi connectivity index (χ3v) is 3.33. The maximum Gasteiger partial charge on any atom is 0.0272 e. The minimum atomic E-state index is 0.108. The summed E-state index contributed by atoms with van der Waals surface area (Å²) in [5.74, 6) is 0. The number of rotatable bonds is 6. The lowest BCUT2D eigenvalue weighted by Crippen LogP contribution is -2.47. The molecule has 0 saturated heterocycles. The van der Waals surface area contributed by atoms with E-state index in [1.54, 1.807) is 0 Å². The molecule has 2 N–H and O–H groups in total. The molecule has 1 rings (SSSR count). The molecule has 16 heavy (non-hydrogen) atoms. The molecule has 0 fully saturated rings. The van der Waals surface area contributed by atoms with Crippen LogP contribution in [-0.2, 0) is 6.42 Å². The lowest BCUT2D eigenvalue weighted by molar-refractivity contribution is 0.162.